The number of allylic oxidation sites excluding steroid dienone is 4. The maximum atomic E-state index is 12.3. The van der Waals surface area contributed by atoms with Crippen molar-refractivity contribution in [3.63, 3.8) is 0 Å². The van der Waals surface area contributed by atoms with Gasteiger partial charge in [0, 0.05) is 18.8 Å². The molecule has 0 heterocycles. The predicted octanol–water partition coefficient (Wildman–Crippen LogP) is 4.93. The van der Waals surface area contributed by atoms with Crippen LogP contribution in [0.4, 0.5) is 0 Å². The van der Waals surface area contributed by atoms with Gasteiger partial charge >= 0.3 is 0 Å². The summed E-state index contributed by atoms with van der Waals surface area (Å²) in [5.74, 6) is 0.438. The highest BCUT2D eigenvalue weighted by Crippen LogP contribution is 2.48. The molecule has 4 nitrogen and oxygen atoms in total. The van der Waals surface area contributed by atoms with Gasteiger partial charge in [-0.25, -0.2) is 0 Å². The van der Waals surface area contributed by atoms with Crippen LogP contribution in [-0.4, -0.2) is 34.5 Å². The molecule has 3 atom stereocenters. The molecule has 2 rings (SSSR count). The Kier molecular flexibility index (Phi) is 10.3. The minimum atomic E-state index is -1.27. The van der Waals surface area contributed by atoms with Crippen molar-refractivity contribution in [3.05, 3.63) is 24.3 Å². The fourth-order valence-corrected chi connectivity index (χ4v) is 4.80. The molecular weight excluding hydrogens is 364 g/mol. The highest BCUT2D eigenvalue weighted by atomic mass is 16.3. The van der Waals surface area contributed by atoms with Gasteiger partial charge in [-0.3, -0.25) is 9.59 Å². The lowest BCUT2D eigenvalue weighted by Gasteiger charge is -2.42. The number of rotatable bonds is 14. The van der Waals surface area contributed by atoms with Crippen molar-refractivity contribution in [2.45, 2.75) is 96.5 Å². The van der Waals surface area contributed by atoms with E-state index in [2.05, 4.69) is 19.1 Å². The summed E-state index contributed by atoms with van der Waals surface area (Å²) in [6.45, 7) is 1.74. The van der Waals surface area contributed by atoms with Crippen LogP contribution in [0.3, 0.4) is 0 Å². The number of hydrogen-bond acceptors (Lipinski definition) is 4. The normalized spacial score (nSPS) is 25.0. The summed E-state index contributed by atoms with van der Waals surface area (Å²) < 4.78 is 0. The van der Waals surface area contributed by atoms with Gasteiger partial charge < -0.3 is 10.2 Å². The number of aliphatic hydroxyl groups is 2. The van der Waals surface area contributed by atoms with E-state index in [-0.39, 0.29) is 18.1 Å². The minimum absolute atomic E-state index is 0.0682. The molecule has 0 bridgehead atoms. The Bertz CT molecular complexity index is 573. The summed E-state index contributed by atoms with van der Waals surface area (Å²) in [7, 11) is 0. The predicted molar refractivity (Wildman–Crippen MR) is 116 cm³/mol. The molecule has 0 aliphatic heterocycles. The first-order valence-electron chi connectivity index (χ1n) is 11.7. The molecule has 0 aromatic carbocycles. The van der Waals surface area contributed by atoms with Crippen molar-refractivity contribution in [3.8, 4) is 0 Å². The third-order valence-corrected chi connectivity index (χ3v) is 6.97. The largest absolute Gasteiger partial charge is 0.393 e. The highest BCUT2D eigenvalue weighted by molar-refractivity contribution is 5.84. The Morgan fingerprint density at radius 3 is 2.69 bits per heavy atom. The van der Waals surface area contributed by atoms with Crippen LogP contribution < -0.4 is 0 Å². The zero-order chi connectivity index (χ0) is 21.1. The van der Waals surface area contributed by atoms with Gasteiger partial charge in [0.1, 0.15) is 11.9 Å². The number of carbonyl (C=O) groups excluding carboxylic acids is 2. The number of ketones is 2. The molecule has 1 unspecified atom stereocenters. The molecule has 29 heavy (non-hydrogen) atoms. The summed E-state index contributed by atoms with van der Waals surface area (Å²) in [6.07, 6.45) is 21.0. The molecule has 2 fully saturated rings. The summed E-state index contributed by atoms with van der Waals surface area (Å²) in [4.78, 5) is 23.8. The summed E-state index contributed by atoms with van der Waals surface area (Å²) in [5.41, 5.74) is 0.537. The Balaban J connectivity index is 1.77. The van der Waals surface area contributed by atoms with Gasteiger partial charge in [0.2, 0.25) is 0 Å². The maximum Gasteiger partial charge on any atom is 0.163 e. The molecular formula is C25H40O4. The molecule has 2 N–H and O–H groups in total. The molecule has 2 saturated carbocycles. The molecule has 164 valence electrons. The molecule has 4 heteroatoms. The molecule has 0 spiro atoms. The van der Waals surface area contributed by atoms with E-state index in [0.717, 1.165) is 12.8 Å². The second kappa shape index (κ2) is 12.4. The van der Waals surface area contributed by atoms with Crippen molar-refractivity contribution >= 4 is 11.6 Å². The van der Waals surface area contributed by atoms with Crippen LogP contribution in [0.1, 0.15) is 90.4 Å². The molecule has 0 radical (unpaired) electrons. The van der Waals surface area contributed by atoms with Crippen LogP contribution in [0, 0.1) is 17.3 Å². The van der Waals surface area contributed by atoms with Gasteiger partial charge in [-0.2, -0.15) is 0 Å². The van der Waals surface area contributed by atoms with Crippen molar-refractivity contribution in [2.75, 3.05) is 6.61 Å². The van der Waals surface area contributed by atoms with E-state index in [1.165, 1.54) is 51.4 Å². The van der Waals surface area contributed by atoms with Crippen molar-refractivity contribution in [1.82, 2.24) is 0 Å². The topological polar surface area (TPSA) is 74.6 Å². The van der Waals surface area contributed by atoms with E-state index in [1.54, 1.807) is 0 Å². The average molecular weight is 405 g/mol. The van der Waals surface area contributed by atoms with Gasteiger partial charge in [-0.05, 0) is 56.3 Å². The van der Waals surface area contributed by atoms with E-state index < -0.39 is 12.7 Å². The fraction of sp³-hybridized carbons (Fsp3) is 0.760. The number of unbranched alkanes of at least 4 members (excludes halogenated alkanes) is 2. The van der Waals surface area contributed by atoms with E-state index in [1.807, 2.05) is 12.2 Å². The smallest absolute Gasteiger partial charge is 0.163 e. The van der Waals surface area contributed by atoms with E-state index in [9.17, 15) is 14.7 Å². The van der Waals surface area contributed by atoms with E-state index >= 15 is 0 Å². The molecule has 2 aliphatic carbocycles. The average Bonchev–Trinajstić information content (AvgIpc) is 3.04. The zero-order valence-electron chi connectivity index (χ0n) is 18.2. The van der Waals surface area contributed by atoms with Crippen molar-refractivity contribution in [2.24, 2.45) is 17.3 Å². The van der Waals surface area contributed by atoms with Crippen LogP contribution in [-0.2, 0) is 9.59 Å². The van der Waals surface area contributed by atoms with Crippen LogP contribution in [0.2, 0.25) is 0 Å². The van der Waals surface area contributed by atoms with Crippen molar-refractivity contribution in [1.29, 1.82) is 0 Å². The van der Waals surface area contributed by atoms with Gasteiger partial charge in [0.15, 0.2) is 5.78 Å². The lowest BCUT2D eigenvalue weighted by Crippen LogP contribution is -2.28. The maximum absolute atomic E-state index is 12.3. The third-order valence-electron chi connectivity index (χ3n) is 6.97. The van der Waals surface area contributed by atoms with Gasteiger partial charge in [-0.1, -0.05) is 56.9 Å². The third kappa shape index (κ3) is 7.49. The van der Waals surface area contributed by atoms with Crippen LogP contribution in [0.15, 0.2) is 24.3 Å². The molecule has 0 aromatic rings. The summed E-state index contributed by atoms with van der Waals surface area (Å²) in [6, 6.07) is 0. The first-order chi connectivity index (χ1) is 14.0. The second-order valence-electron chi connectivity index (χ2n) is 9.13. The van der Waals surface area contributed by atoms with Crippen molar-refractivity contribution < 1.29 is 19.8 Å². The SMILES string of the molecule is CCCCCC1(CC=C[C@H]2CCC(=O)[C@@H]2CC=CCCC(=O)C(O)CO)CCC1. The Morgan fingerprint density at radius 2 is 2.03 bits per heavy atom. The lowest BCUT2D eigenvalue weighted by atomic mass is 9.64. The van der Waals surface area contributed by atoms with Gasteiger partial charge in [0.05, 0.1) is 6.61 Å². The quantitative estimate of drug-likeness (QED) is 0.318. The molecule has 2 aliphatic rings. The number of carbonyl (C=O) groups is 2. The summed E-state index contributed by atoms with van der Waals surface area (Å²) in [5, 5.41) is 18.0. The first-order valence-corrected chi connectivity index (χ1v) is 11.7. The number of hydrogen-bond donors (Lipinski definition) is 2. The monoisotopic (exact) mass is 404 g/mol. The standard InChI is InChI=1S/C25H40O4/c1-2-3-7-15-25(17-9-18-25)16-8-10-20-13-14-22(27)21(20)11-5-4-6-12-23(28)24(29)19-26/h4-5,8,10,20-21,24,26,29H,2-3,6-7,9,11-19H2,1H3/t20-,21+,24?/m0/s1. The lowest BCUT2D eigenvalue weighted by molar-refractivity contribution is -0.128. The molecule has 0 saturated heterocycles. The molecule has 0 aromatic heterocycles. The van der Waals surface area contributed by atoms with E-state index in [4.69, 9.17) is 5.11 Å². The highest BCUT2D eigenvalue weighted by Gasteiger charge is 2.36. The van der Waals surface area contributed by atoms with Crippen LogP contribution >= 0.6 is 0 Å². The zero-order valence-corrected chi connectivity index (χ0v) is 18.2. The van der Waals surface area contributed by atoms with Crippen LogP contribution in [0.5, 0.6) is 0 Å². The Morgan fingerprint density at radius 1 is 1.24 bits per heavy atom. The van der Waals surface area contributed by atoms with E-state index in [0.29, 0.717) is 30.0 Å². The van der Waals surface area contributed by atoms with Crippen LogP contribution in [0.25, 0.3) is 0 Å². The van der Waals surface area contributed by atoms with Gasteiger partial charge in [0.25, 0.3) is 0 Å². The summed E-state index contributed by atoms with van der Waals surface area (Å²) >= 11 is 0. The Labute approximate surface area is 176 Å². The number of aliphatic hydroxyl groups excluding tert-OH is 2. The minimum Gasteiger partial charge on any atom is -0.393 e. The number of Topliss-reactive ketones (excluding diaryl/α,β-unsaturated/α-hetero) is 2. The first kappa shape index (κ1) is 24.0. The fourth-order valence-electron chi connectivity index (χ4n) is 4.80. The second-order valence-corrected chi connectivity index (χ2v) is 9.13. The molecule has 0 amide bonds. The van der Waals surface area contributed by atoms with Gasteiger partial charge in [-0.15, -0.1) is 0 Å². The Hall–Kier alpha value is -1.26.